The van der Waals surface area contributed by atoms with E-state index < -0.39 is 0 Å². The Morgan fingerprint density at radius 1 is 1.22 bits per heavy atom. The van der Waals surface area contributed by atoms with Crippen molar-refractivity contribution < 1.29 is 9.53 Å². The van der Waals surface area contributed by atoms with Crippen LogP contribution in [0.25, 0.3) is 10.8 Å². The van der Waals surface area contributed by atoms with Crippen LogP contribution in [0.4, 0.5) is 0 Å². The summed E-state index contributed by atoms with van der Waals surface area (Å²) in [5, 5.41) is 1.81. The summed E-state index contributed by atoms with van der Waals surface area (Å²) in [4.78, 5) is 19.4. The number of benzene rings is 2. The number of aromatic nitrogens is 2. The first-order chi connectivity index (χ1) is 11.1. The highest BCUT2D eigenvalue weighted by atomic mass is 16.5. The smallest absolute Gasteiger partial charge is 0.338 e. The summed E-state index contributed by atoms with van der Waals surface area (Å²) in [7, 11) is 1.38. The fourth-order valence-corrected chi connectivity index (χ4v) is 2.87. The van der Waals surface area contributed by atoms with E-state index in [0.717, 1.165) is 22.2 Å². The van der Waals surface area contributed by atoms with E-state index in [1.165, 1.54) is 7.11 Å². The van der Waals surface area contributed by atoms with Gasteiger partial charge in [0.05, 0.1) is 12.7 Å². The number of rotatable bonds is 4. The standard InChI is InChI=1S/C18H19N3O2/c1-11(17-20-9-10-21-17)16(19)14-7-8-15(18(22)23-2)13-6-4-3-5-12(13)14/h3-11,16H,19H2,1-2H3,(H,20,21). The van der Waals surface area contributed by atoms with Crippen LogP contribution in [0, 0.1) is 0 Å². The van der Waals surface area contributed by atoms with Gasteiger partial charge >= 0.3 is 5.97 Å². The molecular weight excluding hydrogens is 290 g/mol. The summed E-state index contributed by atoms with van der Waals surface area (Å²) in [5.74, 6) is 0.524. The number of hydrogen-bond acceptors (Lipinski definition) is 4. The first-order valence-electron chi connectivity index (χ1n) is 7.48. The second-order valence-electron chi connectivity index (χ2n) is 5.53. The Hall–Kier alpha value is -2.66. The number of nitrogens with one attached hydrogen (secondary N) is 1. The largest absolute Gasteiger partial charge is 0.465 e. The molecule has 0 saturated carbocycles. The Kier molecular flexibility index (Phi) is 4.12. The molecule has 0 aliphatic carbocycles. The van der Waals surface area contributed by atoms with Crippen molar-refractivity contribution in [2.75, 3.05) is 7.11 Å². The highest BCUT2D eigenvalue weighted by Crippen LogP contribution is 2.33. The summed E-state index contributed by atoms with van der Waals surface area (Å²) in [6.45, 7) is 2.03. The average molecular weight is 309 g/mol. The molecule has 3 N–H and O–H groups in total. The lowest BCUT2D eigenvalue weighted by atomic mass is 9.89. The van der Waals surface area contributed by atoms with Crippen LogP contribution in [0.2, 0.25) is 0 Å². The Balaban J connectivity index is 2.10. The third-order valence-corrected chi connectivity index (χ3v) is 4.21. The molecule has 2 unspecified atom stereocenters. The van der Waals surface area contributed by atoms with Gasteiger partial charge in [0.2, 0.25) is 0 Å². The normalized spacial score (nSPS) is 13.7. The summed E-state index contributed by atoms with van der Waals surface area (Å²) < 4.78 is 4.87. The highest BCUT2D eigenvalue weighted by Gasteiger charge is 2.22. The molecular formula is C18H19N3O2. The number of aromatic amines is 1. The van der Waals surface area contributed by atoms with Crippen LogP contribution in [0.3, 0.4) is 0 Å². The summed E-state index contributed by atoms with van der Waals surface area (Å²) in [6, 6.07) is 11.2. The maximum Gasteiger partial charge on any atom is 0.338 e. The Bertz CT molecular complexity index is 827. The fourth-order valence-electron chi connectivity index (χ4n) is 2.87. The van der Waals surface area contributed by atoms with Crippen LogP contribution in [0.5, 0.6) is 0 Å². The van der Waals surface area contributed by atoms with Gasteiger partial charge in [-0.15, -0.1) is 0 Å². The van der Waals surface area contributed by atoms with E-state index in [1.807, 2.05) is 37.3 Å². The summed E-state index contributed by atoms with van der Waals surface area (Å²) in [6.07, 6.45) is 3.51. The van der Waals surface area contributed by atoms with Crippen molar-refractivity contribution in [1.82, 2.24) is 9.97 Å². The number of carbonyl (C=O) groups excluding carboxylic acids is 1. The topological polar surface area (TPSA) is 81.0 Å². The molecule has 2 atom stereocenters. The first-order valence-corrected chi connectivity index (χ1v) is 7.48. The Labute approximate surface area is 134 Å². The summed E-state index contributed by atoms with van der Waals surface area (Å²) in [5.41, 5.74) is 8.01. The van der Waals surface area contributed by atoms with Gasteiger partial charge in [0.25, 0.3) is 0 Å². The quantitative estimate of drug-likeness (QED) is 0.725. The molecule has 0 fully saturated rings. The number of carbonyl (C=O) groups is 1. The number of esters is 1. The van der Waals surface area contributed by atoms with Gasteiger partial charge in [-0.2, -0.15) is 0 Å². The van der Waals surface area contributed by atoms with Gasteiger partial charge in [0.15, 0.2) is 0 Å². The molecule has 1 heterocycles. The molecule has 3 aromatic rings. The predicted octanol–water partition coefficient (Wildman–Crippen LogP) is 3.15. The maximum atomic E-state index is 12.0. The molecule has 23 heavy (non-hydrogen) atoms. The number of imidazole rings is 1. The number of H-pyrrole nitrogens is 1. The zero-order chi connectivity index (χ0) is 16.4. The molecule has 0 amide bonds. The number of fused-ring (bicyclic) bond motifs is 1. The van der Waals surface area contributed by atoms with Crippen molar-refractivity contribution in [3.8, 4) is 0 Å². The Morgan fingerprint density at radius 2 is 1.96 bits per heavy atom. The van der Waals surface area contributed by atoms with Crippen molar-refractivity contribution in [3.05, 3.63) is 65.7 Å². The lowest BCUT2D eigenvalue weighted by molar-refractivity contribution is 0.0603. The number of methoxy groups -OCH3 is 1. The van der Waals surface area contributed by atoms with Crippen molar-refractivity contribution in [2.24, 2.45) is 5.73 Å². The fraction of sp³-hybridized carbons (Fsp3) is 0.222. The monoisotopic (exact) mass is 309 g/mol. The SMILES string of the molecule is COC(=O)c1ccc(C(N)C(C)c2ncc[nH]2)c2ccccc12. The van der Waals surface area contributed by atoms with Crippen LogP contribution in [0.15, 0.2) is 48.8 Å². The molecule has 0 aliphatic heterocycles. The molecule has 0 bridgehead atoms. The molecule has 0 spiro atoms. The van der Waals surface area contributed by atoms with Crippen LogP contribution in [0.1, 0.15) is 40.6 Å². The third-order valence-electron chi connectivity index (χ3n) is 4.21. The van der Waals surface area contributed by atoms with Gasteiger partial charge in [0, 0.05) is 24.4 Å². The minimum Gasteiger partial charge on any atom is -0.465 e. The number of nitrogens with two attached hydrogens (primary N) is 1. The molecule has 0 saturated heterocycles. The van der Waals surface area contributed by atoms with E-state index in [-0.39, 0.29) is 17.9 Å². The van der Waals surface area contributed by atoms with Gasteiger partial charge in [0.1, 0.15) is 5.82 Å². The molecule has 0 aliphatic rings. The van der Waals surface area contributed by atoms with Crippen LogP contribution < -0.4 is 5.73 Å². The molecule has 3 rings (SSSR count). The van der Waals surface area contributed by atoms with E-state index >= 15 is 0 Å². The van der Waals surface area contributed by atoms with E-state index in [9.17, 15) is 4.79 Å². The predicted molar refractivity (Wildman–Crippen MR) is 89.2 cm³/mol. The number of hydrogen-bond donors (Lipinski definition) is 2. The molecule has 5 heteroatoms. The van der Waals surface area contributed by atoms with Crippen molar-refractivity contribution >= 4 is 16.7 Å². The molecule has 5 nitrogen and oxygen atoms in total. The van der Waals surface area contributed by atoms with Crippen LogP contribution >= 0.6 is 0 Å². The van der Waals surface area contributed by atoms with E-state index in [1.54, 1.807) is 18.5 Å². The zero-order valence-corrected chi connectivity index (χ0v) is 13.1. The van der Waals surface area contributed by atoms with Gasteiger partial charge in [-0.1, -0.05) is 37.3 Å². The molecule has 118 valence electrons. The van der Waals surface area contributed by atoms with Crippen molar-refractivity contribution in [3.63, 3.8) is 0 Å². The van der Waals surface area contributed by atoms with Gasteiger partial charge < -0.3 is 15.5 Å². The Morgan fingerprint density at radius 3 is 2.61 bits per heavy atom. The van der Waals surface area contributed by atoms with Crippen LogP contribution in [-0.2, 0) is 4.74 Å². The number of nitrogens with zero attached hydrogens (tertiary/aromatic N) is 1. The van der Waals surface area contributed by atoms with E-state index in [0.29, 0.717) is 5.56 Å². The minimum atomic E-state index is -0.347. The van der Waals surface area contributed by atoms with Crippen LogP contribution in [-0.4, -0.2) is 23.0 Å². The summed E-state index contributed by atoms with van der Waals surface area (Å²) >= 11 is 0. The minimum absolute atomic E-state index is 0.0254. The highest BCUT2D eigenvalue weighted by molar-refractivity contribution is 6.05. The lowest BCUT2D eigenvalue weighted by Gasteiger charge is -2.21. The maximum absolute atomic E-state index is 12.0. The van der Waals surface area contributed by atoms with E-state index in [2.05, 4.69) is 9.97 Å². The lowest BCUT2D eigenvalue weighted by Crippen LogP contribution is -2.19. The van der Waals surface area contributed by atoms with Crippen molar-refractivity contribution in [2.45, 2.75) is 18.9 Å². The number of ether oxygens (including phenoxy) is 1. The van der Waals surface area contributed by atoms with Crippen molar-refractivity contribution in [1.29, 1.82) is 0 Å². The molecule has 2 aromatic carbocycles. The average Bonchev–Trinajstić information content (AvgIpc) is 3.13. The second-order valence-corrected chi connectivity index (χ2v) is 5.53. The third kappa shape index (κ3) is 2.71. The van der Waals surface area contributed by atoms with E-state index in [4.69, 9.17) is 10.5 Å². The van der Waals surface area contributed by atoms with Gasteiger partial charge in [-0.25, -0.2) is 9.78 Å². The van der Waals surface area contributed by atoms with Gasteiger partial charge in [-0.3, -0.25) is 0 Å². The first kappa shape index (κ1) is 15.2. The zero-order valence-electron chi connectivity index (χ0n) is 13.1. The molecule has 0 radical (unpaired) electrons. The van der Waals surface area contributed by atoms with Gasteiger partial charge in [-0.05, 0) is 22.4 Å². The molecule has 1 aromatic heterocycles. The second kappa shape index (κ2) is 6.22.